The Morgan fingerprint density at radius 1 is 1.04 bits per heavy atom. The van der Waals surface area contributed by atoms with E-state index in [1.807, 2.05) is 18.2 Å². The lowest BCUT2D eigenvalue weighted by molar-refractivity contribution is -0.914. The maximum Gasteiger partial charge on any atom is 0.123 e. The van der Waals surface area contributed by atoms with Gasteiger partial charge in [0.25, 0.3) is 0 Å². The van der Waals surface area contributed by atoms with Gasteiger partial charge >= 0.3 is 0 Å². The van der Waals surface area contributed by atoms with E-state index in [1.54, 1.807) is 16.2 Å². The molecule has 1 saturated heterocycles. The zero-order valence-electron chi connectivity index (χ0n) is 14.0. The summed E-state index contributed by atoms with van der Waals surface area (Å²) in [4.78, 5) is 8.85. The topological polar surface area (TPSA) is 20.6 Å². The van der Waals surface area contributed by atoms with Crippen molar-refractivity contribution in [3.05, 3.63) is 70.7 Å². The minimum absolute atomic E-state index is 0.809. The number of anilines is 1. The predicted octanol–water partition coefficient (Wildman–Crippen LogP) is 3.37. The molecule has 4 rings (SSSR count). The highest BCUT2D eigenvalue weighted by Gasteiger charge is 2.21. The number of aromatic nitrogens is 1. The third-order valence-electron chi connectivity index (χ3n) is 4.65. The van der Waals surface area contributed by atoms with E-state index in [0.29, 0.717) is 0 Å². The zero-order chi connectivity index (χ0) is 17.1. The first-order valence-electron chi connectivity index (χ1n) is 8.62. The maximum absolute atomic E-state index is 6.11. The van der Waals surface area contributed by atoms with Gasteiger partial charge in [0.2, 0.25) is 0 Å². The molecule has 25 heavy (non-hydrogen) atoms. The van der Waals surface area contributed by atoms with Crippen molar-refractivity contribution < 1.29 is 4.90 Å². The minimum Gasteiger partial charge on any atom is -0.360 e. The summed E-state index contributed by atoms with van der Waals surface area (Å²) in [5.41, 5.74) is 3.64. The van der Waals surface area contributed by atoms with Crippen LogP contribution in [-0.2, 0) is 6.54 Å². The smallest absolute Gasteiger partial charge is 0.123 e. The molecule has 1 aliphatic rings. The van der Waals surface area contributed by atoms with Crippen LogP contribution in [0.15, 0.2) is 60.0 Å². The quantitative estimate of drug-likeness (QED) is 0.760. The molecule has 2 aromatic carbocycles. The molecule has 1 fully saturated rings. The van der Waals surface area contributed by atoms with Crippen LogP contribution in [0.25, 0.3) is 10.6 Å². The summed E-state index contributed by atoms with van der Waals surface area (Å²) in [6, 6.07) is 18.6. The van der Waals surface area contributed by atoms with Crippen LogP contribution >= 0.6 is 22.9 Å². The first-order chi connectivity index (χ1) is 12.3. The summed E-state index contributed by atoms with van der Waals surface area (Å²) in [6.45, 7) is 5.39. The van der Waals surface area contributed by atoms with Gasteiger partial charge in [-0.25, -0.2) is 4.98 Å². The second kappa shape index (κ2) is 7.56. The maximum atomic E-state index is 6.11. The molecule has 5 heteroatoms. The third kappa shape index (κ3) is 4.03. The molecule has 0 amide bonds. The fourth-order valence-electron chi connectivity index (χ4n) is 3.29. The van der Waals surface area contributed by atoms with Crippen LogP contribution in [0.1, 0.15) is 5.69 Å². The number of hydrogen-bond acceptors (Lipinski definition) is 3. The largest absolute Gasteiger partial charge is 0.360 e. The lowest BCUT2D eigenvalue weighted by Gasteiger charge is -2.33. The van der Waals surface area contributed by atoms with Crippen molar-refractivity contribution in [1.82, 2.24) is 4.98 Å². The van der Waals surface area contributed by atoms with Crippen molar-refractivity contribution >= 4 is 28.6 Å². The van der Waals surface area contributed by atoms with Crippen LogP contribution in [0.2, 0.25) is 5.02 Å². The summed E-state index contributed by atoms with van der Waals surface area (Å²) in [5, 5.41) is 4.13. The average Bonchev–Trinajstić information content (AvgIpc) is 3.12. The molecule has 3 nitrogen and oxygen atoms in total. The van der Waals surface area contributed by atoms with Gasteiger partial charge in [0.1, 0.15) is 17.2 Å². The first-order valence-corrected chi connectivity index (χ1v) is 9.87. The standard InChI is InChI=1S/C20H20ClN3S/c21-17-7-4-8-19(13-17)24-11-9-23(10-12-24)14-18-15-25-20(22-18)16-5-2-1-3-6-16/h1-8,13,15H,9-12,14H2/p+1. The van der Waals surface area contributed by atoms with Crippen LogP contribution in [0.4, 0.5) is 5.69 Å². The second-order valence-corrected chi connectivity index (χ2v) is 7.70. The summed E-state index contributed by atoms with van der Waals surface area (Å²) in [5.74, 6) is 0. The van der Waals surface area contributed by atoms with Crippen LogP contribution in [-0.4, -0.2) is 31.2 Å². The molecule has 0 saturated carbocycles. The molecule has 0 radical (unpaired) electrons. The van der Waals surface area contributed by atoms with Gasteiger partial charge in [0.05, 0.1) is 26.2 Å². The van der Waals surface area contributed by atoms with Gasteiger partial charge in [-0.3, -0.25) is 0 Å². The minimum atomic E-state index is 0.809. The van der Waals surface area contributed by atoms with Gasteiger partial charge < -0.3 is 9.80 Å². The van der Waals surface area contributed by atoms with E-state index in [0.717, 1.165) is 42.8 Å². The van der Waals surface area contributed by atoms with Gasteiger partial charge in [-0.1, -0.05) is 48.0 Å². The molecule has 2 heterocycles. The van der Waals surface area contributed by atoms with Gasteiger partial charge in [0.15, 0.2) is 0 Å². The van der Waals surface area contributed by atoms with E-state index in [9.17, 15) is 0 Å². The van der Waals surface area contributed by atoms with E-state index >= 15 is 0 Å². The summed E-state index contributed by atoms with van der Waals surface area (Å²) in [6.07, 6.45) is 0. The molecule has 0 spiro atoms. The number of thiazole rings is 1. The lowest BCUT2D eigenvalue weighted by atomic mass is 10.2. The number of quaternary nitrogens is 1. The van der Waals surface area contributed by atoms with E-state index < -0.39 is 0 Å². The number of piperazine rings is 1. The summed E-state index contributed by atoms with van der Waals surface area (Å²) in [7, 11) is 0. The van der Waals surface area contributed by atoms with Crippen molar-refractivity contribution in [3.63, 3.8) is 0 Å². The number of benzene rings is 2. The highest BCUT2D eigenvalue weighted by atomic mass is 35.5. The Kier molecular flexibility index (Phi) is 5.02. The van der Waals surface area contributed by atoms with E-state index in [4.69, 9.17) is 16.6 Å². The van der Waals surface area contributed by atoms with Gasteiger partial charge in [0, 0.05) is 21.7 Å². The van der Waals surface area contributed by atoms with Crippen LogP contribution in [0.3, 0.4) is 0 Å². The van der Waals surface area contributed by atoms with Crippen molar-refractivity contribution in [1.29, 1.82) is 0 Å². The fraction of sp³-hybridized carbons (Fsp3) is 0.250. The van der Waals surface area contributed by atoms with Crippen molar-refractivity contribution in [2.24, 2.45) is 0 Å². The Morgan fingerprint density at radius 3 is 2.60 bits per heavy atom. The number of rotatable bonds is 4. The molecule has 1 N–H and O–H groups in total. The highest BCUT2D eigenvalue weighted by molar-refractivity contribution is 7.13. The number of hydrogen-bond donors (Lipinski definition) is 1. The lowest BCUT2D eigenvalue weighted by Crippen LogP contribution is -3.13. The molecule has 0 bridgehead atoms. The molecule has 3 aromatic rings. The molecule has 0 unspecified atom stereocenters. The number of nitrogens with zero attached hydrogens (tertiary/aromatic N) is 2. The third-order valence-corrected chi connectivity index (χ3v) is 5.82. The Labute approximate surface area is 157 Å². The van der Waals surface area contributed by atoms with Crippen molar-refractivity contribution in [2.75, 3.05) is 31.1 Å². The molecule has 1 aromatic heterocycles. The highest BCUT2D eigenvalue weighted by Crippen LogP contribution is 2.23. The molecule has 128 valence electrons. The molecular weight excluding hydrogens is 350 g/mol. The Bertz CT molecular complexity index is 826. The second-order valence-electron chi connectivity index (χ2n) is 6.40. The molecule has 0 atom stereocenters. The zero-order valence-corrected chi connectivity index (χ0v) is 15.6. The SMILES string of the molecule is Clc1cccc(N2CC[NH+](Cc3csc(-c4ccccc4)n3)CC2)c1. The number of nitrogens with one attached hydrogen (secondary N) is 1. The predicted molar refractivity (Wildman–Crippen MR) is 106 cm³/mol. The molecule has 1 aliphatic heterocycles. The Balaban J connectivity index is 1.35. The normalized spacial score (nSPS) is 15.5. The molecule has 0 aliphatic carbocycles. The summed E-state index contributed by atoms with van der Waals surface area (Å²) < 4.78 is 0. The van der Waals surface area contributed by atoms with Crippen LogP contribution < -0.4 is 9.80 Å². The van der Waals surface area contributed by atoms with E-state index in [-0.39, 0.29) is 0 Å². The monoisotopic (exact) mass is 370 g/mol. The number of halogens is 1. The van der Waals surface area contributed by atoms with Gasteiger partial charge in [-0.15, -0.1) is 11.3 Å². The molecular formula is C20H21ClN3S+. The first kappa shape index (κ1) is 16.6. The van der Waals surface area contributed by atoms with E-state index in [1.165, 1.54) is 16.9 Å². The summed E-state index contributed by atoms with van der Waals surface area (Å²) >= 11 is 7.85. The van der Waals surface area contributed by atoms with Crippen LogP contribution in [0.5, 0.6) is 0 Å². The van der Waals surface area contributed by atoms with Crippen molar-refractivity contribution in [2.45, 2.75) is 6.54 Å². The average molecular weight is 371 g/mol. The van der Waals surface area contributed by atoms with Gasteiger partial charge in [-0.2, -0.15) is 0 Å². The fourth-order valence-corrected chi connectivity index (χ4v) is 4.30. The Hall–Kier alpha value is -1.88. The van der Waals surface area contributed by atoms with E-state index in [2.05, 4.69) is 46.7 Å². The van der Waals surface area contributed by atoms with Crippen molar-refractivity contribution in [3.8, 4) is 10.6 Å². The van der Waals surface area contributed by atoms with Crippen LogP contribution in [0, 0.1) is 0 Å². The van der Waals surface area contributed by atoms with Gasteiger partial charge in [-0.05, 0) is 18.2 Å². The Morgan fingerprint density at radius 2 is 1.84 bits per heavy atom.